The highest BCUT2D eigenvalue weighted by atomic mass is 35.5. The van der Waals surface area contributed by atoms with E-state index in [0.29, 0.717) is 24.5 Å². The summed E-state index contributed by atoms with van der Waals surface area (Å²) in [5.74, 6) is -0.102. The summed E-state index contributed by atoms with van der Waals surface area (Å²) in [6, 6.07) is 6.53. The number of halogens is 1. The van der Waals surface area contributed by atoms with Gasteiger partial charge in [-0.2, -0.15) is 0 Å². The van der Waals surface area contributed by atoms with E-state index < -0.39 is 6.04 Å². The van der Waals surface area contributed by atoms with E-state index in [4.69, 9.17) is 11.6 Å². The van der Waals surface area contributed by atoms with Crippen molar-refractivity contribution in [2.75, 3.05) is 13.1 Å². The van der Waals surface area contributed by atoms with E-state index in [-0.39, 0.29) is 11.8 Å². The molecule has 1 aliphatic heterocycles. The van der Waals surface area contributed by atoms with E-state index in [0.717, 1.165) is 12.0 Å². The van der Waals surface area contributed by atoms with Crippen LogP contribution in [0.5, 0.6) is 0 Å². The Kier molecular flexibility index (Phi) is 4.43. The largest absolute Gasteiger partial charge is 0.352 e. The Bertz CT molecular complexity index is 473. The molecule has 4 nitrogen and oxygen atoms in total. The molecule has 5 heteroatoms. The van der Waals surface area contributed by atoms with Gasteiger partial charge in [-0.3, -0.25) is 9.59 Å². The number of hydrogen-bond acceptors (Lipinski definition) is 2. The van der Waals surface area contributed by atoms with E-state index in [2.05, 4.69) is 5.32 Å². The zero-order valence-electron chi connectivity index (χ0n) is 10.9. The van der Waals surface area contributed by atoms with Crippen molar-refractivity contribution < 1.29 is 9.59 Å². The molecule has 1 unspecified atom stereocenters. The van der Waals surface area contributed by atoms with Crippen molar-refractivity contribution >= 4 is 23.4 Å². The lowest BCUT2D eigenvalue weighted by atomic mass is 10.0. The van der Waals surface area contributed by atoms with Crippen LogP contribution in [0.15, 0.2) is 24.3 Å². The summed E-state index contributed by atoms with van der Waals surface area (Å²) >= 11 is 5.85. The molecule has 1 N–H and O–H groups in total. The van der Waals surface area contributed by atoms with Gasteiger partial charge in [0.15, 0.2) is 0 Å². The zero-order valence-corrected chi connectivity index (χ0v) is 11.6. The van der Waals surface area contributed by atoms with Gasteiger partial charge in [-0.1, -0.05) is 30.7 Å². The standard InChI is InChI=1S/C14H17ClN2O2/c1-2-3-12(18)17-9-8-16-14(19)13(17)10-4-6-11(15)7-5-10/h4-7,13H,2-3,8-9H2,1H3,(H,16,19). The molecular formula is C14H17ClN2O2. The van der Waals surface area contributed by atoms with E-state index in [1.165, 1.54) is 0 Å². The molecule has 1 aromatic rings. The van der Waals surface area contributed by atoms with Crippen LogP contribution in [-0.4, -0.2) is 29.8 Å². The third-order valence-corrected chi connectivity index (χ3v) is 3.43. The highest BCUT2D eigenvalue weighted by Crippen LogP contribution is 2.25. The number of carbonyl (C=O) groups excluding carboxylic acids is 2. The topological polar surface area (TPSA) is 49.4 Å². The molecule has 1 aliphatic rings. The van der Waals surface area contributed by atoms with Gasteiger partial charge in [0.2, 0.25) is 11.8 Å². The number of nitrogens with zero attached hydrogens (tertiary/aromatic N) is 1. The van der Waals surface area contributed by atoms with Gasteiger partial charge in [0, 0.05) is 24.5 Å². The average Bonchev–Trinajstić information content (AvgIpc) is 2.40. The molecule has 0 aliphatic carbocycles. The summed E-state index contributed by atoms with van der Waals surface area (Å²) < 4.78 is 0. The lowest BCUT2D eigenvalue weighted by Gasteiger charge is -2.35. The molecule has 1 atom stereocenters. The first kappa shape index (κ1) is 13.9. The minimum atomic E-state index is -0.537. The highest BCUT2D eigenvalue weighted by molar-refractivity contribution is 6.30. The van der Waals surface area contributed by atoms with Crippen LogP contribution < -0.4 is 5.32 Å². The van der Waals surface area contributed by atoms with E-state index >= 15 is 0 Å². The minimum Gasteiger partial charge on any atom is -0.352 e. The summed E-state index contributed by atoms with van der Waals surface area (Å²) in [4.78, 5) is 25.8. The van der Waals surface area contributed by atoms with Gasteiger partial charge < -0.3 is 10.2 Å². The third kappa shape index (κ3) is 3.07. The molecule has 0 radical (unpaired) electrons. The van der Waals surface area contributed by atoms with Crippen LogP contribution in [0, 0.1) is 0 Å². The van der Waals surface area contributed by atoms with Crippen molar-refractivity contribution in [2.45, 2.75) is 25.8 Å². The zero-order chi connectivity index (χ0) is 13.8. The summed E-state index contributed by atoms with van der Waals surface area (Å²) in [6.45, 7) is 3.02. The van der Waals surface area contributed by atoms with Gasteiger partial charge in [0.25, 0.3) is 0 Å². The molecule has 1 saturated heterocycles. The molecule has 0 spiro atoms. The molecule has 1 fully saturated rings. The highest BCUT2D eigenvalue weighted by Gasteiger charge is 2.33. The smallest absolute Gasteiger partial charge is 0.247 e. The van der Waals surface area contributed by atoms with E-state index in [1.807, 2.05) is 6.92 Å². The number of benzene rings is 1. The maximum absolute atomic E-state index is 12.1. The van der Waals surface area contributed by atoms with Crippen LogP contribution in [-0.2, 0) is 9.59 Å². The second-order valence-corrected chi connectivity index (χ2v) is 5.02. The van der Waals surface area contributed by atoms with Gasteiger partial charge in [0.05, 0.1) is 0 Å². The molecule has 0 saturated carbocycles. The quantitative estimate of drug-likeness (QED) is 0.922. The SMILES string of the molecule is CCCC(=O)N1CCNC(=O)C1c1ccc(Cl)cc1. The Morgan fingerprint density at radius 2 is 2.11 bits per heavy atom. The van der Waals surface area contributed by atoms with Gasteiger partial charge in [-0.05, 0) is 24.1 Å². The van der Waals surface area contributed by atoms with Crippen LogP contribution in [0.4, 0.5) is 0 Å². The lowest BCUT2D eigenvalue weighted by molar-refractivity contribution is -0.143. The summed E-state index contributed by atoms with van der Waals surface area (Å²) in [5.41, 5.74) is 0.797. The predicted molar refractivity (Wildman–Crippen MR) is 73.8 cm³/mol. The molecule has 19 heavy (non-hydrogen) atoms. The van der Waals surface area contributed by atoms with Crippen molar-refractivity contribution in [2.24, 2.45) is 0 Å². The number of hydrogen-bond donors (Lipinski definition) is 1. The van der Waals surface area contributed by atoms with Gasteiger partial charge >= 0.3 is 0 Å². The second kappa shape index (κ2) is 6.06. The average molecular weight is 281 g/mol. The van der Waals surface area contributed by atoms with Crippen molar-refractivity contribution in [3.63, 3.8) is 0 Å². The van der Waals surface area contributed by atoms with E-state index in [1.54, 1.807) is 29.2 Å². The Hall–Kier alpha value is -1.55. The van der Waals surface area contributed by atoms with Crippen LogP contribution in [0.2, 0.25) is 5.02 Å². The van der Waals surface area contributed by atoms with Crippen LogP contribution in [0.3, 0.4) is 0 Å². The first-order chi connectivity index (χ1) is 9.13. The second-order valence-electron chi connectivity index (χ2n) is 4.58. The minimum absolute atomic E-state index is 0.0253. The first-order valence-electron chi connectivity index (χ1n) is 6.46. The fourth-order valence-corrected chi connectivity index (χ4v) is 2.40. The number of nitrogens with one attached hydrogen (secondary N) is 1. The van der Waals surface area contributed by atoms with Gasteiger partial charge in [-0.25, -0.2) is 0 Å². The Morgan fingerprint density at radius 1 is 1.42 bits per heavy atom. The molecule has 102 valence electrons. The van der Waals surface area contributed by atoms with Crippen molar-refractivity contribution in [1.82, 2.24) is 10.2 Å². The Balaban J connectivity index is 2.28. The molecule has 2 amide bonds. The third-order valence-electron chi connectivity index (χ3n) is 3.18. The Labute approximate surface area is 117 Å². The number of rotatable bonds is 3. The van der Waals surface area contributed by atoms with Crippen LogP contribution in [0.1, 0.15) is 31.4 Å². The molecule has 0 bridgehead atoms. The molecule has 0 aromatic heterocycles. The van der Waals surface area contributed by atoms with Gasteiger partial charge in [-0.15, -0.1) is 0 Å². The summed E-state index contributed by atoms with van der Waals surface area (Å²) in [5, 5.41) is 3.42. The van der Waals surface area contributed by atoms with Crippen molar-refractivity contribution in [3.8, 4) is 0 Å². The fraction of sp³-hybridized carbons (Fsp3) is 0.429. The van der Waals surface area contributed by atoms with E-state index in [9.17, 15) is 9.59 Å². The van der Waals surface area contributed by atoms with Crippen LogP contribution >= 0.6 is 11.6 Å². The summed E-state index contributed by atoms with van der Waals surface area (Å²) in [7, 11) is 0. The van der Waals surface area contributed by atoms with Crippen molar-refractivity contribution in [3.05, 3.63) is 34.9 Å². The normalized spacial score (nSPS) is 19.2. The monoisotopic (exact) mass is 280 g/mol. The number of carbonyl (C=O) groups is 2. The van der Waals surface area contributed by atoms with Gasteiger partial charge in [0.1, 0.15) is 6.04 Å². The maximum atomic E-state index is 12.1. The Morgan fingerprint density at radius 3 is 2.74 bits per heavy atom. The van der Waals surface area contributed by atoms with Crippen molar-refractivity contribution in [1.29, 1.82) is 0 Å². The molecular weight excluding hydrogens is 264 g/mol. The fourth-order valence-electron chi connectivity index (χ4n) is 2.27. The maximum Gasteiger partial charge on any atom is 0.247 e. The summed E-state index contributed by atoms with van der Waals surface area (Å²) in [6.07, 6.45) is 1.25. The first-order valence-corrected chi connectivity index (χ1v) is 6.84. The molecule has 2 rings (SSSR count). The lowest BCUT2D eigenvalue weighted by Crippen LogP contribution is -2.52. The van der Waals surface area contributed by atoms with Crippen LogP contribution in [0.25, 0.3) is 0 Å². The molecule has 1 heterocycles. The predicted octanol–water partition coefficient (Wildman–Crippen LogP) is 2.14. The number of amides is 2. The number of piperazine rings is 1. The molecule has 1 aromatic carbocycles.